The van der Waals surface area contributed by atoms with Crippen LogP contribution in [0.4, 0.5) is 5.82 Å². The molecule has 0 saturated carbocycles. The minimum Gasteiger partial charge on any atom is -0.334 e. The molecule has 1 aliphatic heterocycles. The summed E-state index contributed by atoms with van der Waals surface area (Å²) in [4.78, 5) is 38.3. The lowest BCUT2D eigenvalue weighted by molar-refractivity contribution is 0.0423. The van der Waals surface area contributed by atoms with Crippen LogP contribution in [0.15, 0.2) is 48.9 Å². The van der Waals surface area contributed by atoms with E-state index in [1.54, 1.807) is 58.9 Å². The Balaban J connectivity index is 1.60. The molecular weight excluding hydrogens is 404 g/mol. The molecule has 1 atom stereocenters. The fourth-order valence-corrected chi connectivity index (χ4v) is 3.52. The van der Waals surface area contributed by atoms with E-state index >= 15 is 0 Å². The van der Waals surface area contributed by atoms with Crippen LogP contribution in [0.25, 0.3) is 11.4 Å². The number of halogens is 1. The van der Waals surface area contributed by atoms with E-state index in [9.17, 15) is 4.79 Å². The monoisotopic (exact) mass is 424 g/mol. The summed E-state index contributed by atoms with van der Waals surface area (Å²) in [7, 11) is 0. The van der Waals surface area contributed by atoms with Gasteiger partial charge in [0.2, 0.25) is 0 Å². The van der Waals surface area contributed by atoms with Crippen LogP contribution >= 0.6 is 11.6 Å². The standard InChI is InChI=1S/C21H21ClN6O2/c1-14-13-27(10-11-28(30-14)19-6-9-23-15(2)26-19)21(29)18-12-16(22)4-5-17(18)20-24-7-3-8-25-20/h3-9,12,14H,10-11,13H2,1-2H3/t14-/m0/s1. The number of benzene rings is 1. The fraction of sp³-hybridized carbons (Fsp3) is 0.286. The minimum absolute atomic E-state index is 0.142. The molecule has 0 radical (unpaired) electrons. The first-order valence-electron chi connectivity index (χ1n) is 9.61. The fourth-order valence-electron chi connectivity index (χ4n) is 3.35. The zero-order valence-corrected chi connectivity index (χ0v) is 17.5. The van der Waals surface area contributed by atoms with Crippen LogP contribution < -0.4 is 5.06 Å². The van der Waals surface area contributed by atoms with Crippen molar-refractivity contribution in [1.29, 1.82) is 0 Å². The van der Waals surface area contributed by atoms with Crippen molar-refractivity contribution in [3.05, 3.63) is 65.3 Å². The van der Waals surface area contributed by atoms with Crippen molar-refractivity contribution in [2.24, 2.45) is 0 Å². The van der Waals surface area contributed by atoms with Gasteiger partial charge in [0.15, 0.2) is 11.6 Å². The Morgan fingerprint density at radius 1 is 1.13 bits per heavy atom. The molecule has 1 saturated heterocycles. The van der Waals surface area contributed by atoms with E-state index in [0.29, 0.717) is 53.3 Å². The summed E-state index contributed by atoms with van der Waals surface area (Å²) in [6, 6.07) is 8.70. The second kappa shape index (κ2) is 8.73. The number of aromatic nitrogens is 4. The van der Waals surface area contributed by atoms with Gasteiger partial charge < -0.3 is 4.90 Å². The predicted octanol–water partition coefficient (Wildman–Crippen LogP) is 3.18. The summed E-state index contributed by atoms with van der Waals surface area (Å²) in [5.74, 6) is 1.67. The number of hydroxylamine groups is 1. The second-order valence-electron chi connectivity index (χ2n) is 6.99. The van der Waals surface area contributed by atoms with Crippen LogP contribution in [-0.4, -0.2) is 56.5 Å². The highest BCUT2D eigenvalue weighted by atomic mass is 35.5. The molecule has 4 rings (SSSR count). The Bertz CT molecular complexity index is 1050. The smallest absolute Gasteiger partial charge is 0.254 e. The third-order valence-corrected chi connectivity index (χ3v) is 4.92. The maximum Gasteiger partial charge on any atom is 0.254 e. The zero-order chi connectivity index (χ0) is 21.1. The van der Waals surface area contributed by atoms with Gasteiger partial charge in [-0.3, -0.25) is 9.63 Å². The number of hydrogen-bond acceptors (Lipinski definition) is 7. The van der Waals surface area contributed by atoms with Crippen molar-refractivity contribution in [2.45, 2.75) is 20.0 Å². The van der Waals surface area contributed by atoms with E-state index in [2.05, 4.69) is 19.9 Å². The number of hydrogen-bond donors (Lipinski definition) is 0. The lowest BCUT2D eigenvalue weighted by atomic mass is 10.0. The normalized spacial score (nSPS) is 17.0. The van der Waals surface area contributed by atoms with E-state index < -0.39 is 0 Å². The molecule has 0 unspecified atom stereocenters. The van der Waals surface area contributed by atoms with Crippen LogP contribution in [0.5, 0.6) is 0 Å². The van der Waals surface area contributed by atoms with Gasteiger partial charge in [-0.2, -0.15) is 0 Å². The molecule has 2 aromatic heterocycles. The molecule has 1 amide bonds. The molecule has 1 fully saturated rings. The van der Waals surface area contributed by atoms with Gasteiger partial charge in [0, 0.05) is 48.3 Å². The van der Waals surface area contributed by atoms with Gasteiger partial charge in [-0.15, -0.1) is 0 Å². The summed E-state index contributed by atoms with van der Waals surface area (Å²) in [5.41, 5.74) is 1.11. The van der Waals surface area contributed by atoms with E-state index in [1.807, 2.05) is 13.8 Å². The van der Waals surface area contributed by atoms with Crippen molar-refractivity contribution >= 4 is 23.3 Å². The molecule has 9 heteroatoms. The number of aryl methyl sites for hydroxylation is 1. The quantitative estimate of drug-likeness (QED) is 0.638. The minimum atomic E-state index is -0.220. The maximum atomic E-state index is 13.5. The molecule has 1 aromatic carbocycles. The third-order valence-electron chi connectivity index (χ3n) is 4.68. The summed E-state index contributed by atoms with van der Waals surface area (Å²) < 4.78 is 0. The number of amides is 1. The molecule has 0 bridgehead atoms. The zero-order valence-electron chi connectivity index (χ0n) is 16.7. The van der Waals surface area contributed by atoms with Crippen LogP contribution in [0.1, 0.15) is 23.1 Å². The Morgan fingerprint density at radius 3 is 2.70 bits per heavy atom. The number of anilines is 1. The van der Waals surface area contributed by atoms with Gasteiger partial charge in [-0.25, -0.2) is 25.0 Å². The second-order valence-corrected chi connectivity index (χ2v) is 7.43. The summed E-state index contributed by atoms with van der Waals surface area (Å²) >= 11 is 6.21. The van der Waals surface area contributed by atoms with Crippen molar-refractivity contribution in [3.8, 4) is 11.4 Å². The molecule has 0 N–H and O–H groups in total. The van der Waals surface area contributed by atoms with Gasteiger partial charge in [-0.1, -0.05) is 11.6 Å². The first kappa shape index (κ1) is 20.2. The maximum absolute atomic E-state index is 13.5. The molecule has 0 spiro atoms. The topological polar surface area (TPSA) is 84.3 Å². The Labute approximate surface area is 179 Å². The lowest BCUT2D eigenvalue weighted by Crippen LogP contribution is -2.37. The Hall–Kier alpha value is -3.10. The average Bonchev–Trinajstić information content (AvgIpc) is 2.95. The molecule has 3 aromatic rings. The van der Waals surface area contributed by atoms with Gasteiger partial charge in [0.1, 0.15) is 11.9 Å². The summed E-state index contributed by atoms with van der Waals surface area (Å²) in [5, 5.41) is 2.20. The van der Waals surface area contributed by atoms with Crippen molar-refractivity contribution in [3.63, 3.8) is 0 Å². The molecule has 8 nitrogen and oxygen atoms in total. The van der Waals surface area contributed by atoms with Crippen LogP contribution in [0.2, 0.25) is 5.02 Å². The van der Waals surface area contributed by atoms with E-state index in [1.165, 1.54) is 0 Å². The van der Waals surface area contributed by atoms with E-state index in [-0.39, 0.29) is 12.0 Å². The van der Waals surface area contributed by atoms with E-state index in [0.717, 1.165) is 0 Å². The number of carbonyl (C=O) groups is 1. The molecule has 0 aliphatic carbocycles. The molecule has 30 heavy (non-hydrogen) atoms. The first-order valence-corrected chi connectivity index (χ1v) is 9.99. The number of carbonyl (C=O) groups excluding carboxylic acids is 1. The highest BCUT2D eigenvalue weighted by Gasteiger charge is 2.27. The molecular formula is C21H21ClN6O2. The lowest BCUT2D eigenvalue weighted by Gasteiger charge is -2.22. The SMILES string of the molecule is Cc1nccc(N2CCN(C(=O)c3cc(Cl)ccc3-c3ncccn3)C[C@H](C)O2)n1. The molecule has 3 heterocycles. The third kappa shape index (κ3) is 4.39. The van der Waals surface area contributed by atoms with Crippen LogP contribution in [0, 0.1) is 6.92 Å². The van der Waals surface area contributed by atoms with E-state index in [4.69, 9.17) is 16.4 Å². The first-order chi connectivity index (χ1) is 14.5. The highest BCUT2D eigenvalue weighted by molar-refractivity contribution is 6.31. The van der Waals surface area contributed by atoms with Gasteiger partial charge in [0.05, 0.1) is 12.1 Å². The van der Waals surface area contributed by atoms with Gasteiger partial charge in [-0.05, 0) is 38.1 Å². The average molecular weight is 425 g/mol. The predicted molar refractivity (Wildman–Crippen MR) is 113 cm³/mol. The Kier molecular flexibility index (Phi) is 5.87. The van der Waals surface area contributed by atoms with Crippen molar-refractivity contribution in [2.75, 3.05) is 24.7 Å². The van der Waals surface area contributed by atoms with Crippen LogP contribution in [-0.2, 0) is 4.84 Å². The van der Waals surface area contributed by atoms with Gasteiger partial charge >= 0.3 is 0 Å². The van der Waals surface area contributed by atoms with Crippen LogP contribution in [0.3, 0.4) is 0 Å². The summed E-state index contributed by atoms with van der Waals surface area (Å²) in [6.07, 6.45) is 4.77. The number of nitrogens with zero attached hydrogens (tertiary/aromatic N) is 6. The van der Waals surface area contributed by atoms with Crippen molar-refractivity contribution in [1.82, 2.24) is 24.8 Å². The molecule has 1 aliphatic rings. The largest absolute Gasteiger partial charge is 0.334 e. The molecule has 154 valence electrons. The van der Waals surface area contributed by atoms with Crippen molar-refractivity contribution < 1.29 is 9.63 Å². The highest BCUT2D eigenvalue weighted by Crippen LogP contribution is 2.26. The number of rotatable bonds is 3. The van der Waals surface area contributed by atoms with Gasteiger partial charge in [0.25, 0.3) is 5.91 Å². The summed E-state index contributed by atoms with van der Waals surface area (Å²) in [6.45, 7) is 5.12. The Morgan fingerprint density at radius 2 is 1.93 bits per heavy atom.